The highest BCUT2D eigenvalue weighted by Crippen LogP contribution is 2.15. The summed E-state index contributed by atoms with van der Waals surface area (Å²) in [4.78, 5) is 21.3. The van der Waals surface area contributed by atoms with Crippen LogP contribution in [-0.4, -0.2) is 54.0 Å². The number of hydrogen-bond donors (Lipinski definition) is 0. The molecule has 6 heteroatoms. The summed E-state index contributed by atoms with van der Waals surface area (Å²) in [6, 6.07) is 7.94. The van der Waals surface area contributed by atoms with Crippen LogP contribution >= 0.6 is 11.3 Å². The van der Waals surface area contributed by atoms with Crippen molar-refractivity contribution in [3.05, 3.63) is 45.9 Å². The number of piperazine rings is 1. The van der Waals surface area contributed by atoms with Crippen LogP contribution in [0.25, 0.3) is 0 Å². The van der Waals surface area contributed by atoms with Gasteiger partial charge in [-0.1, -0.05) is 12.1 Å². The van der Waals surface area contributed by atoms with E-state index in [0.717, 1.165) is 55.6 Å². The van der Waals surface area contributed by atoms with E-state index in [1.807, 2.05) is 36.1 Å². The second-order valence-electron chi connectivity index (χ2n) is 6.39. The number of aryl methyl sites for hydroxylation is 2. The number of ether oxygens (including phenoxy) is 1. The molecule has 0 saturated carbocycles. The zero-order valence-corrected chi connectivity index (χ0v) is 15.7. The van der Waals surface area contributed by atoms with Crippen LogP contribution < -0.4 is 4.74 Å². The second-order valence-corrected chi connectivity index (χ2v) is 7.33. The first kappa shape index (κ1) is 17.9. The van der Waals surface area contributed by atoms with Crippen LogP contribution in [0.15, 0.2) is 29.6 Å². The van der Waals surface area contributed by atoms with Crippen LogP contribution in [-0.2, 0) is 17.8 Å². The van der Waals surface area contributed by atoms with Crippen LogP contribution in [0.4, 0.5) is 0 Å². The van der Waals surface area contributed by atoms with Crippen molar-refractivity contribution in [3.63, 3.8) is 0 Å². The van der Waals surface area contributed by atoms with Gasteiger partial charge in [-0.2, -0.15) is 0 Å². The number of benzene rings is 1. The Morgan fingerprint density at radius 2 is 1.92 bits per heavy atom. The summed E-state index contributed by atoms with van der Waals surface area (Å²) in [5, 5.41) is 3.26. The molecule has 0 N–H and O–H groups in total. The molecule has 0 bridgehead atoms. The molecule has 134 valence electrons. The minimum absolute atomic E-state index is 0.251. The molecule has 3 rings (SSSR count). The molecule has 1 aromatic carbocycles. The summed E-state index contributed by atoms with van der Waals surface area (Å²) < 4.78 is 5.16. The molecule has 0 atom stereocenters. The number of carbonyl (C=O) groups is 1. The lowest BCUT2D eigenvalue weighted by Gasteiger charge is -2.34. The highest BCUT2D eigenvalue weighted by atomic mass is 32.1. The van der Waals surface area contributed by atoms with Gasteiger partial charge in [-0.3, -0.25) is 9.69 Å². The van der Waals surface area contributed by atoms with Gasteiger partial charge >= 0.3 is 0 Å². The number of amides is 1. The van der Waals surface area contributed by atoms with Gasteiger partial charge in [0.25, 0.3) is 0 Å². The van der Waals surface area contributed by atoms with E-state index in [1.54, 1.807) is 18.4 Å². The summed E-state index contributed by atoms with van der Waals surface area (Å²) in [7, 11) is 1.66. The van der Waals surface area contributed by atoms with Gasteiger partial charge in [0.1, 0.15) is 10.8 Å². The van der Waals surface area contributed by atoms with E-state index in [1.165, 1.54) is 5.56 Å². The average Bonchev–Trinajstić information content (AvgIpc) is 3.05. The highest BCUT2D eigenvalue weighted by Gasteiger charge is 2.21. The quantitative estimate of drug-likeness (QED) is 0.796. The van der Waals surface area contributed by atoms with Crippen LogP contribution in [0.2, 0.25) is 0 Å². The number of hydrogen-bond acceptors (Lipinski definition) is 5. The summed E-state index contributed by atoms with van der Waals surface area (Å²) >= 11 is 1.72. The summed E-state index contributed by atoms with van der Waals surface area (Å²) in [6.07, 6.45) is 1.35. The van der Waals surface area contributed by atoms with Crippen LogP contribution in [0.5, 0.6) is 5.75 Å². The Labute approximate surface area is 153 Å². The minimum atomic E-state index is 0.251. The topological polar surface area (TPSA) is 45.7 Å². The van der Waals surface area contributed by atoms with Crippen molar-refractivity contribution < 1.29 is 9.53 Å². The SMILES string of the molecule is COc1ccc(CCC(=O)N2CCN(Cc3nc(C)cs3)CC2)cc1. The fraction of sp³-hybridized carbons (Fsp3) is 0.474. The molecule has 1 amide bonds. The normalized spacial score (nSPS) is 15.4. The van der Waals surface area contributed by atoms with Crippen molar-refractivity contribution in [2.45, 2.75) is 26.3 Å². The monoisotopic (exact) mass is 359 g/mol. The lowest BCUT2D eigenvalue weighted by atomic mass is 10.1. The molecular weight excluding hydrogens is 334 g/mol. The number of rotatable bonds is 6. The number of nitrogens with zero attached hydrogens (tertiary/aromatic N) is 3. The predicted octanol–water partition coefficient (Wildman–Crippen LogP) is 2.74. The molecule has 2 aromatic rings. The van der Waals surface area contributed by atoms with Gasteiger partial charge in [-0.05, 0) is 31.0 Å². The largest absolute Gasteiger partial charge is 0.497 e. The number of methoxy groups -OCH3 is 1. The first-order chi connectivity index (χ1) is 12.1. The molecule has 25 heavy (non-hydrogen) atoms. The van der Waals surface area contributed by atoms with E-state index in [0.29, 0.717) is 6.42 Å². The Hall–Kier alpha value is -1.92. The van der Waals surface area contributed by atoms with Gasteiger partial charge in [-0.25, -0.2) is 4.98 Å². The van der Waals surface area contributed by atoms with Crippen molar-refractivity contribution in [2.24, 2.45) is 0 Å². The molecule has 1 aromatic heterocycles. The van der Waals surface area contributed by atoms with Gasteiger partial charge in [0, 0.05) is 43.7 Å². The van der Waals surface area contributed by atoms with Crippen molar-refractivity contribution in [1.82, 2.24) is 14.8 Å². The Kier molecular flexibility index (Phi) is 6.04. The molecule has 0 radical (unpaired) electrons. The molecular formula is C19H25N3O2S. The summed E-state index contributed by atoms with van der Waals surface area (Å²) in [5.41, 5.74) is 2.26. The fourth-order valence-electron chi connectivity index (χ4n) is 3.02. The summed E-state index contributed by atoms with van der Waals surface area (Å²) in [6.45, 7) is 6.39. The third-order valence-electron chi connectivity index (χ3n) is 4.54. The molecule has 0 aliphatic carbocycles. The van der Waals surface area contributed by atoms with E-state index in [2.05, 4.69) is 15.3 Å². The predicted molar refractivity (Wildman–Crippen MR) is 100 cm³/mol. The van der Waals surface area contributed by atoms with E-state index in [-0.39, 0.29) is 5.91 Å². The maximum Gasteiger partial charge on any atom is 0.222 e. The maximum atomic E-state index is 12.4. The molecule has 0 spiro atoms. The molecule has 2 heterocycles. The van der Waals surface area contributed by atoms with Crippen LogP contribution in [0.1, 0.15) is 22.7 Å². The fourth-order valence-corrected chi connectivity index (χ4v) is 3.84. The number of aromatic nitrogens is 1. The maximum absolute atomic E-state index is 12.4. The summed E-state index contributed by atoms with van der Waals surface area (Å²) in [5.74, 6) is 1.10. The number of thiazole rings is 1. The molecule has 1 fully saturated rings. The standard InChI is InChI=1S/C19H25N3O2S/c1-15-14-25-18(20-15)13-21-9-11-22(12-10-21)19(23)8-5-16-3-6-17(24-2)7-4-16/h3-4,6-7,14H,5,8-13H2,1-2H3. The lowest BCUT2D eigenvalue weighted by Crippen LogP contribution is -2.48. The van der Waals surface area contributed by atoms with Crippen molar-refractivity contribution in [1.29, 1.82) is 0 Å². The van der Waals surface area contributed by atoms with Crippen molar-refractivity contribution >= 4 is 17.2 Å². The zero-order chi connectivity index (χ0) is 17.6. The number of carbonyl (C=O) groups excluding carboxylic acids is 1. The molecule has 1 aliphatic rings. The third-order valence-corrected chi connectivity index (χ3v) is 5.49. The van der Waals surface area contributed by atoms with Crippen molar-refractivity contribution in [3.8, 4) is 5.75 Å². The van der Waals surface area contributed by atoms with Gasteiger partial charge in [0.15, 0.2) is 0 Å². The van der Waals surface area contributed by atoms with Gasteiger partial charge in [-0.15, -0.1) is 11.3 Å². The second kappa shape index (κ2) is 8.45. The third kappa shape index (κ3) is 5.03. The average molecular weight is 359 g/mol. The molecule has 1 aliphatic heterocycles. The Bertz CT molecular complexity index is 691. The molecule has 1 saturated heterocycles. The van der Waals surface area contributed by atoms with Gasteiger partial charge < -0.3 is 9.64 Å². The lowest BCUT2D eigenvalue weighted by molar-refractivity contribution is -0.133. The van der Waals surface area contributed by atoms with E-state index >= 15 is 0 Å². The molecule has 5 nitrogen and oxygen atoms in total. The highest BCUT2D eigenvalue weighted by molar-refractivity contribution is 7.09. The van der Waals surface area contributed by atoms with E-state index in [9.17, 15) is 4.79 Å². The Morgan fingerprint density at radius 3 is 2.52 bits per heavy atom. The minimum Gasteiger partial charge on any atom is -0.497 e. The molecule has 0 unspecified atom stereocenters. The van der Waals surface area contributed by atoms with Gasteiger partial charge in [0.2, 0.25) is 5.91 Å². The Morgan fingerprint density at radius 1 is 1.20 bits per heavy atom. The smallest absolute Gasteiger partial charge is 0.222 e. The van der Waals surface area contributed by atoms with Crippen LogP contribution in [0.3, 0.4) is 0 Å². The Balaban J connectivity index is 1.41. The van der Waals surface area contributed by atoms with E-state index in [4.69, 9.17) is 4.74 Å². The first-order valence-electron chi connectivity index (χ1n) is 8.68. The van der Waals surface area contributed by atoms with E-state index < -0.39 is 0 Å². The zero-order valence-electron chi connectivity index (χ0n) is 14.9. The van der Waals surface area contributed by atoms with Crippen LogP contribution in [0, 0.1) is 6.92 Å². The van der Waals surface area contributed by atoms with Gasteiger partial charge in [0.05, 0.1) is 13.7 Å². The van der Waals surface area contributed by atoms with Crippen molar-refractivity contribution in [2.75, 3.05) is 33.3 Å². The first-order valence-corrected chi connectivity index (χ1v) is 9.56.